The fourth-order valence-electron chi connectivity index (χ4n) is 4.98. The molecule has 0 saturated heterocycles. The van der Waals surface area contributed by atoms with Crippen molar-refractivity contribution in [2.45, 2.75) is 113 Å². The number of imidazole rings is 1. The Labute approximate surface area is 241 Å². The standard InChI is InChI=1S/C25H42N6.C3H6.C3H4.C2H6/c1-7-22(29(5)6)14-16-26-18-31-19(3)23(28-20(31)4)17-30(8-2)24-13-9-11-21-12-10-15-27-25(21)24;2*1-3-2;1-2/h10,12,15,22,24,26H,7-9,11,13-14,16-18H2,1-6H3;3H,1H2,2H3;1H,2H3;1-2H3. The summed E-state index contributed by atoms with van der Waals surface area (Å²) in [6.45, 7) is 23.5. The molecule has 39 heavy (non-hydrogen) atoms. The average Bonchev–Trinajstić information content (AvgIpc) is 3.20. The number of nitrogens with zero attached hydrogens (tertiary/aromatic N) is 5. The summed E-state index contributed by atoms with van der Waals surface area (Å²) in [5, 5.41) is 3.63. The van der Waals surface area contributed by atoms with Gasteiger partial charge in [-0.3, -0.25) is 15.2 Å². The molecule has 2 aromatic heterocycles. The highest BCUT2D eigenvalue weighted by Crippen LogP contribution is 2.33. The van der Waals surface area contributed by atoms with Crippen LogP contribution in [0.2, 0.25) is 0 Å². The summed E-state index contributed by atoms with van der Waals surface area (Å²) >= 11 is 0. The van der Waals surface area contributed by atoms with Crippen molar-refractivity contribution in [1.29, 1.82) is 0 Å². The lowest BCUT2D eigenvalue weighted by Gasteiger charge is -2.34. The largest absolute Gasteiger partial charge is 0.319 e. The number of hydrogen-bond donors (Lipinski definition) is 1. The maximum atomic E-state index is 4.96. The molecule has 0 aromatic carbocycles. The first-order valence-electron chi connectivity index (χ1n) is 14.8. The quantitative estimate of drug-likeness (QED) is 0.191. The second-order valence-electron chi connectivity index (χ2n) is 9.81. The minimum atomic E-state index is 0.398. The van der Waals surface area contributed by atoms with Crippen LogP contribution in [0.25, 0.3) is 0 Å². The lowest BCUT2D eigenvalue weighted by atomic mass is 9.90. The number of terminal acetylenes is 1. The summed E-state index contributed by atoms with van der Waals surface area (Å²) in [4.78, 5) is 14.6. The van der Waals surface area contributed by atoms with Crippen LogP contribution in [0.3, 0.4) is 0 Å². The fourth-order valence-corrected chi connectivity index (χ4v) is 4.98. The van der Waals surface area contributed by atoms with Crippen molar-refractivity contribution < 1.29 is 0 Å². The highest BCUT2D eigenvalue weighted by Gasteiger charge is 2.27. The summed E-state index contributed by atoms with van der Waals surface area (Å²) in [5.41, 5.74) is 5.17. The van der Waals surface area contributed by atoms with E-state index in [0.29, 0.717) is 12.1 Å². The SMILES string of the molecule is C#CC.C=CC.CC.CCC(CCNCn1c(C)nc(CN(CC)C2CCCc3cccnc32)c1C)N(C)C. The molecule has 6 heteroatoms. The molecule has 2 aromatic rings. The van der Waals surface area contributed by atoms with E-state index in [2.05, 4.69) is 92.5 Å². The van der Waals surface area contributed by atoms with E-state index in [4.69, 9.17) is 9.97 Å². The van der Waals surface area contributed by atoms with Gasteiger partial charge in [-0.05, 0) is 98.6 Å². The summed E-state index contributed by atoms with van der Waals surface area (Å²) in [5.74, 6) is 3.35. The third kappa shape index (κ3) is 12.1. The van der Waals surface area contributed by atoms with Crippen LogP contribution in [0.4, 0.5) is 0 Å². The summed E-state index contributed by atoms with van der Waals surface area (Å²) < 4.78 is 2.33. The zero-order valence-corrected chi connectivity index (χ0v) is 26.8. The van der Waals surface area contributed by atoms with Gasteiger partial charge in [-0.15, -0.1) is 18.9 Å². The van der Waals surface area contributed by atoms with Crippen LogP contribution in [0, 0.1) is 26.2 Å². The highest BCUT2D eigenvalue weighted by atomic mass is 15.2. The first kappa shape index (κ1) is 36.5. The average molecular weight is 539 g/mol. The lowest BCUT2D eigenvalue weighted by Crippen LogP contribution is -2.32. The Kier molecular flexibility index (Phi) is 20.0. The molecule has 0 saturated carbocycles. The van der Waals surface area contributed by atoms with E-state index < -0.39 is 0 Å². The Hall–Kier alpha value is -2.46. The monoisotopic (exact) mass is 538 g/mol. The van der Waals surface area contributed by atoms with E-state index in [0.717, 1.165) is 38.5 Å². The molecule has 6 nitrogen and oxygen atoms in total. The van der Waals surface area contributed by atoms with Gasteiger partial charge >= 0.3 is 0 Å². The number of rotatable bonds is 11. The molecule has 0 radical (unpaired) electrons. The topological polar surface area (TPSA) is 49.2 Å². The molecular formula is C33H58N6. The van der Waals surface area contributed by atoms with Crippen molar-refractivity contribution in [2.24, 2.45) is 0 Å². The van der Waals surface area contributed by atoms with Crippen molar-refractivity contribution in [3.8, 4) is 12.3 Å². The van der Waals surface area contributed by atoms with Gasteiger partial charge in [0.2, 0.25) is 0 Å². The molecule has 220 valence electrons. The van der Waals surface area contributed by atoms with E-state index in [9.17, 15) is 0 Å². The van der Waals surface area contributed by atoms with Crippen molar-refractivity contribution in [3.05, 3.63) is 59.5 Å². The van der Waals surface area contributed by atoms with Crippen LogP contribution in [0.1, 0.15) is 102 Å². The molecule has 2 heterocycles. The van der Waals surface area contributed by atoms with Gasteiger partial charge in [0.05, 0.1) is 24.1 Å². The number of aryl methyl sites for hydroxylation is 2. The molecule has 1 N–H and O–H groups in total. The van der Waals surface area contributed by atoms with Crippen LogP contribution >= 0.6 is 0 Å². The number of nitrogens with one attached hydrogen (secondary N) is 1. The molecule has 2 atom stereocenters. The molecule has 3 rings (SSSR count). The number of fused-ring (bicyclic) bond motifs is 1. The van der Waals surface area contributed by atoms with E-state index in [1.54, 1.807) is 13.0 Å². The molecule has 0 spiro atoms. The van der Waals surface area contributed by atoms with Gasteiger partial charge in [0.1, 0.15) is 5.82 Å². The van der Waals surface area contributed by atoms with Gasteiger partial charge in [-0.1, -0.05) is 39.8 Å². The Morgan fingerprint density at radius 2 is 1.92 bits per heavy atom. The predicted molar refractivity (Wildman–Crippen MR) is 170 cm³/mol. The first-order valence-corrected chi connectivity index (χ1v) is 14.8. The second kappa shape index (κ2) is 21.4. The maximum Gasteiger partial charge on any atom is 0.107 e. The van der Waals surface area contributed by atoms with Gasteiger partial charge in [0, 0.05) is 24.5 Å². The van der Waals surface area contributed by atoms with Crippen LogP contribution in [-0.4, -0.2) is 57.6 Å². The lowest BCUT2D eigenvalue weighted by molar-refractivity contribution is 0.173. The number of aromatic nitrogens is 3. The van der Waals surface area contributed by atoms with Gasteiger partial charge in [0.25, 0.3) is 0 Å². The zero-order valence-electron chi connectivity index (χ0n) is 26.8. The van der Waals surface area contributed by atoms with Crippen LogP contribution in [-0.2, 0) is 19.6 Å². The van der Waals surface area contributed by atoms with Gasteiger partial charge in [-0.25, -0.2) is 4.98 Å². The third-order valence-electron chi connectivity index (χ3n) is 7.00. The van der Waals surface area contributed by atoms with Gasteiger partial charge in [-0.2, -0.15) is 0 Å². The Morgan fingerprint density at radius 1 is 1.28 bits per heavy atom. The first-order chi connectivity index (χ1) is 18.8. The molecular weight excluding hydrogens is 480 g/mol. The smallest absolute Gasteiger partial charge is 0.107 e. The normalized spacial score (nSPS) is 14.5. The molecule has 1 aliphatic carbocycles. The van der Waals surface area contributed by atoms with E-state index >= 15 is 0 Å². The highest BCUT2D eigenvalue weighted by molar-refractivity contribution is 5.26. The van der Waals surface area contributed by atoms with Crippen LogP contribution in [0.5, 0.6) is 0 Å². The van der Waals surface area contributed by atoms with E-state index in [-0.39, 0.29) is 0 Å². The molecule has 0 fully saturated rings. The van der Waals surface area contributed by atoms with Crippen molar-refractivity contribution in [2.75, 3.05) is 27.2 Å². The third-order valence-corrected chi connectivity index (χ3v) is 7.00. The molecule has 0 aliphatic heterocycles. The van der Waals surface area contributed by atoms with Gasteiger partial charge < -0.3 is 9.47 Å². The minimum absolute atomic E-state index is 0.398. The van der Waals surface area contributed by atoms with E-state index in [1.807, 2.05) is 27.0 Å². The minimum Gasteiger partial charge on any atom is -0.319 e. The van der Waals surface area contributed by atoms with Crippen molar-refractivity contribution in [1.82, 2.24) is 29.7 Å². The Balaban J connectivity index is 0.00000162. The molecule has 0 bridgehead atoms. The van der Waals surface area contributed by atoms with Crippen LogP contribution in [0.15, 0.2) is 31.0 Å². The van der Waals surface area contributed by atoms with Crippen molar-refractivity contribution >= 4 is 0 Å². The summed E-state index contributed by atoms with van der Waals surface area (Å²) in [7, 11) is 4.34. The number of hydrogen-bond acceptors (Lipinski definition) is 5. The number of allylic oxidation sites excluding steroid dienone is 1. The Morgan fingerprint density at radius 3 is 2.49 bits per heavy atom. The summed E-state index contributed by atoms with van der Waals surface area (Å²) in [6.07, 6.45) is 14.2. The molecule has 2 unspecified atom stereocenters. The summed E-state index contributed by atoms with van der Waals surface area (Å²) in [6, 6.07) is 5.35. The number of pyridine rings is 1. The van der Waals surface area contributed by atoms with Gasteiger partial charge in [0.15, 0.2) is 0 Å². The fraction of sp³-hybridized carbons (Fsp3) is 0.636. The zero-order chi connectivity index (χ0) is 29.8. The predicted octanol–water partition coefficient (Wildman–Crippen LogP) is 6.93. The molecule has 0 amide bonds. The van der Waals surface area contributed by atoms with Crippen molar-refractivity contribution in [3.63, 3.8) is 0 Å². The maximum absolute atomic E-state index is 4.96. The Bertz CT molecular complexity index is 956. The molecule has 1 aliphatic rings. The second-order valence-corrected chi connectivity index (χ2v) is 9.81. The van der Waals surface area contributed by atoms with Crippen LogP contribution < -0.4 is 5.32 Å². The van der Waals surface area contributed by atoms with E-state index in [1.165, 1.54) is 48.3 Å².